The molecule has 2 saturated carbocycles. The molecule has 2 fully saturated rings. The fraction of sp³-hybridized carbons (Fsp3) is 0.923. The summed E-state index contributed by atoms with van der Waals surface area (Å²) in [5.74, 6) is 0. The Morgan fingerprint density at radius 1 is 0.875 bits per heavy atom. The third kappa shape index (κ3) is 3.69. The Bertz CT molecular complexity index is 196. The molecule has 2 rings (SSSR count). The molecule has 0 bridgehead atoms. The second kappa shape index (κ2) is 6.12. The van der Waals surface area contributed by atoms with Crippen LogP contribution in [0.25, 0.3) is 0 Å². The molecule has 0 aromatic carbocycles. The van der Waals surface area contributed by atoms with Gasteiger partial charge in [-0.05, 0) is 38.5 Å². The lowest BCUT2D eigenvalue weighted by Crippen LogP contribution is -2.38. The molecule has 3 heteroatoms. The van der Waals surface area contributed by atoms with E-state index >= 15 is 0 Å². The molecule has 0 aliphatic heterocycles. The highest BCUT2D eigenvalue weighted by Gasteiger charge is 2.20. The Morgan fingerprint density at radius 3 is 2.06 bits per heavy atom. The van der Waals surface area contributed by atoms with E-state index in [1.165, 1.54) is 38.5 Å². The van der Waals surface area contributed by atoms with Gasteiger partial charge in [-0.3, -0.25) is 0 Å². The quantitative estimate of drug-likeness (QED) is 0.782. The highest BCUT2D eigenvalue weighted by atomic mass is 16.6. The van der Waals surface area contributed by atoms with Crippen LogP contribution in [0.3, 0.4) is 0 Å². The Morgan fingerprint density at radius 2 is 1.44 bits per heavy atom. The van der Waals surface area contributed by atoms with Crippen molar-refractivity contribution in [3.8, 4) is 0 Å². The van der Waals surface area contributed by atoms with E-state index in [9.17, 15) is 4.79 Å². The minimum atomic E-state index is -0.182. The molecule has 0 saturated heterocycles. The van der Waals surface area contributed by atoms with Gasteiger partial charge in [-0.15, -0.1) is 0 Å². The molecule has 1 N–H and O–H groups in total. The average molecular weight is 225 g/mol. The van der Waals surface area contributed by atoms with Crippen LogP contribution in [0.4, 0.5) is 4.79 Å². The zero-order valence-corrected chi connectivity index (χ0v) is 10.0. The normalized spacial score (nSPS) is 24.0. The van der Waals surface area contributed by atoms with Crippen LogP contribution in [0.2, 0.25) is 0 Å². The summed E-state index contributed by atoms with van der Waals surface area (Å²) in [6.45, 7) is 0. The maximum atomic E-state index is 11.6. The molecule has 2 aliphatic carbocycles. The topological polar surface area (TPSA) is 38.3 Å². The molecule has 92 valence electrons. The summed E-state index contributed by atoms with van der Waals surface area (Å²) in [6, 6.07) is 0.366. The predicted molar refractivity (Wildman–Crippen MR) is 63.4 cm³/mol. The van der Waals surface area contributed by atoms with Gasteiger partial charge in [0.15, 0.2) is 0 Å². The lowest BCUT2D eigenvalue weighted by Gasteiger charge is -2.26. The average Bonchev–Trinajstić information content (AvgIpc) is 2.31. The number of carbonyl (C=O) groups is 1. The highest BCUT2D eigenvalue weighted by molar-refractivity contribution is 5.67. The van der Waals surface area contributed by atoms with E-state index in [2.05, 4.69) is 5.32 Å². The number of alkyl carbamates (subject to hydrolysis) is 1. The van der Waals surface area contributed by atoms with E-state index < -0.39 is 0 Å². The molecular formula is C13H23NO2. The zero-order chi connectivity index (χ0) is 11.2. The first-order valence-electron chi connectivity index (χ1n) is 6.82. The first-order valence-corrected chi connectivity index (χ1v) is 6.82. The number of carbonyl (C=O) groups excluding carboxylic acids is 1. The third-order valence-corrected chi connectivity index (χ3v) is 3.75. The van der Waals surface area contributed by atoms with E-state index in [4.69, 9.17) is 4.74 Å². The standard InChI is InChI=1S/C13H23NO2/c15-13(14-11-7-3-1-4-8-11)16-12-9-5-2-6-10-12/h11-12H,1-10H2,(H,14,15). The molecule has 0 aromatic heterocycles. The summed E-state index contributed by atoms with van der Waals surface area (Å²) >= 11 is 0. The zero-order valence-electron chi connectivity index (χ0n) is 10.0. The monoisotopic (exact) mass is 225 g/mol. The number of amides is 1. The van der Waals surface area contributed by atoms with E-state index in [0.717, 1.165) is 25.7 Å². The van der Waals surface area contributed by atoms with Crippen LogP contribution in [0.15, 0.2) is 0 Å². The van der Waals surface area contributed by atoms with Crippen LogP contribution in [0, 0.1) is 0 Å². The largest absolute Gasteiger partial charge is 0.446 e. The second-order valence-electron chi connectivity index (χ2n) is 5.14. The maximum absolute atomic E-state index is 11.6. The van der Waals surface area contributed by atoms with E-state index in [-0.39, 0.29) is 12.2 Å². The number of nitrogens with one attached hydrogen (secondary N) is 1. The number of hydrogen-bond acceptors (Lipinski definition) is 2. The van der Waals surface area contributed by atoms with Gasteiger partial charge in [-0.1, -0.05) is 25.7 Å². The van der Waals surface area contributed by atoms with Crippen LogP contribution < -0.4 is 5.32 Å². The predicted octanol–water partition coefficient (Wildman–Crippen LogP) is 3.38. The molecule has 0 spiro atoms. The minimum Gasteiger partial charge on any atom is -0.446 e. The Balaban J connectivity index is 1.66. The minimum absolute atomic E-state index is 0.178. The van der Waals surface area contributed by atoms with Crippen LogP contribution in [0.1, 0.15) is 64.2 Å². The van der Waals surface area contributed by atoms with Crippen LogP contribution >= 0.6 is 0 Å². The Kier molecular flexibility index (Phi) is 4.49. The van der Waals surface area contributed by atoms with Gasteiger partial charge in [0, 0.05) is 6.04 Å². The van der Waals surface area contributed by atoms with Crippen molar-refractivity contribution in [1.82, 2.24) is 5.32 Å². The fourth-order valence-electron chi connectivity index (χ4n) is 2.78. The lowest BCUT2D eigenvalue weighted by molar-refractivity contribution is 0.0716. The van der Waals surface area contributed by atoms with Gasteiger partial charge in [0.1, 0.15) is 6.10 Å². The molecule has 0 radical (unpaired) electrons. The van der Waals surface area contributed by atoms with E-state index in [1.807, 2.05) is 0 Å². The molecule has 0 unspecified atom stereocenters. The van der Waals surface area contributed by atoms with Crippen molar-refractivity contribution in [3.05, 3.63) is 0 Å². The molecule has 2 aliphatic rings. The van der Waals surface area contributed by atoms with Crippen molar-refractivity contribution >= 4 is 6.09 Å². The van der Waals surface area contributed by atoms with Gasteiger partial charge in [0.25, 0.3) is 0 Å². The van der Waals surface area contributed by atoms with Gasteiger partial charge in [0.05, 0.1) is 0 Å². The second-order valence-corrected chi connectivity index (χ2v) is 5.14. The van der Waals surface area contributed by atoms with Crippen molar-refractivity contribution < 1.29 is 9.53 Å². The van der Waals surface area contributed by atoms with Gasteiger partial charge in [0.2, 0.25) is 0 Å². The van der Waals surface area contributed by atoms with Gasteiger partial charge in [-0.25, -0.2) is 4.79 Å². The van der Waals surface area contributed by atoms with Crippen molar-refractivity contribution in [2.24, 2.45) is 0 Å². The maximum Gasteiger partial charge on any atom is 0.407 e. The highest BCUT2D eigenvalue weighted by Crippen LogP contribution is 2.21. The first-order chi connectivity index (χ1) is 7.84. The Hall–Kier alpha value is -0.730. The van der Waals surface area contributed by atoms with Gasteiger partial charge >= 0.3 is 6.09 Å². The molecular weight excluding hydrogens is 202 g/mol. The van der Waals surface area contributed by atoms with E-state index in [0.29, 0.717) is 6.04 Å². The fourth-order valence-corrected chi connectivity index (χ4v) is 2.78. The smallest absolute Gasteiger partial charge is 0.407 e. The van der Waals surface area contributed by atoms with Crippen molar-refractivity contribution in [2.45, 2.75) is 76.4 Å². The number of hydrogen-bond donors (Lipinski definition) is 1. The first kappa shape index (κ1) is 11.7. The van der Waals surface area contributed by atoms with Crippen molar-refractivity contribution in [3.63, 3.8) is 0 Å². The molecule has 0 atom stereocenters. The van der Waals surface area contributed by atoms with Gasteiger partial charge < -0.3 is 10.1 Å². The molecule has 0 aromatic rings. The molecule has 0 heterocycles. The summed E-state index contributed by atoms with van der Waals surface area (Å²) in [5.41, 5.74) is 0. The number of ether oxygens (including phenoxy) is 1. The molecule has 16 heavy (non-hydrogen) atoms. The van der Waals surface area contributed by atoms with E-state index in [1.54, 1.807) is 0 Å². The van der Waals surface area contributed by atoms with Crippen molar-refractivity contribution in [2.75, 3.05) is 0 Å². The summed E-state index contributed by atoms with van der Waals surface area (Å²) < 4.78 is 5.44. The summed E-state index contributed by atoms with van der Waals surface area (Å²) in [6.07, 6.45) is 11.9. The summed E-state index contributed by atoms with van der Waals surface area (Å²) in [7, 11) is 0. The van der Waals surface area contributed by atoms with Crippen LogP contribution in [-0.4, -0.2) is 18.2 Å². The molecule has 1 amide bonds. The third-order valence-electron chi connectivity index (χ3n) is 3.75. The SMILES string of the molecule is O=C(NC1CCCCC1)OC1CCCCC1. The molecule has 3 nitrogen and oxygen atoms in total. The van der Waals surface area contributed by atoms with Crippen LogP contribution in [-0.2, 0) is 4.74 Å². The summed E-state index contributed by atoms with van der Waals surface area (Å²) in [4.78, 5) is 11.6. The Labute approximate surface area is 97.9 Å². The van der Waals surface area contributed by atoms with Gasteiger partial charge in [-0.2, -0.15) is 0 Å². The summed E-state index contributed by atoms with van der Waals surface area (Å²) in [5, 5.41) is 3.00. The van der Waals surface area contributed by atoms with Crippen molar-refractivity contribution in [1.29, 1.82) is 0 Å². The lowest BCUT2D eigenvalue weighted by atomic mass is 9.96. The number of rotatable bonds is 2. The van der Waals surface area contributed by atoms with Crippen LogP contribution in [0.5, 0.6) is 0 Å².